The number of rotatable bonds is 7. The zero-order valence-corrected chi connectivity index (χ0v) is 26.6. The van der Waals surface area contributed by atoms with E-state index in [0.717, 1.165) is 17.1 Å². The first-order valence-electron chi connectivity index (χ1n) is 13.1. The van der Waals surface area contributed by atoms with Crippen LogP contribution in [0.5, 0.6) is 0 Å². The van der Waals surface area contributed by atoms with E-state index in [1.54, 1.807) is 71.1 Å². The number of nitrogens with zero attached hydrogens (tertiary/aromatic N) is 4. The van der Waals surface area contributed by atoms with Crippen LogP contribution in [0.1, 0.15) is 64.3 Å². The number of methoxy groups -OCH3 is 2. The number of carbonyl (C=O) groups excluding carboxylic acids is 4. The van der Waals surface area contributed by atoms with Gasteiger partial charge in [0.05, 0.1) is 31.3 Å². The molecular weight excluding hydrogens is 548 g/mol. The monoisotopic (exact) mass is 592 g/mol. The zero-order valence-electron chi connectivity index (χ0n) is 26.6. The molecule has 42 heavy (non-hydrogen) atoms. The maximum atomic E-state index is 11.8. The van der Waals surface area contributed by atoms with Gasteiger partial charge in [0.1, 0.15) is 22.9 Å². The van der Waals surface area contributed by atoms with Crippen molar-refractivity contribution < 1.29 is 38.1 Å². The van der Waals surface area contributed by atoms with Crippen LogP contribution in [0.4, 0.5) is 9.59 Å². The molecule has 0 aliphatic heterocycles. The van der Waals surface area contributed by atoms with E-state index < -0.39 is 41.4 Å². The van der Waals surface area contributed by atoms with Crippen molar-refractivity contribution in [2.45, 2.75) is 79.1 Å². The van der Waals surface area contributed by atoms with Gasteiger partial charge >= 0.3 is 24.1 Å². The summed E-state index contributed by atoms with van der Waals surface area (Å²) in [6.45, 7) is 14.2. The first-order valence-corrected chi connectivity index (χ1v) is 13.1. The average molecular weight is 593 g/mol. The van der Waals surface area contributed by atoms with Crippen molar-refractivity contribution in [1.29, 1.82) is 0 Å². The third-order valence-corrected chi connectivity index (χ3v) is 5.06. The van der Waals surface area contributed by atoms with E-state index in [-0.39, 0.29) is 12.1 Å². The van der Waals surface area contributed by atoms with Crippen molar-refractivity contribution in [2.24, 2.45) is 14.1 Å². The molecule has 0 bridgehead atoms. The van der Waals surface area contributed by atoms with Gasteiger partial charge in [0.25, 0.3) is 0 Å². The number of ether oxygens (including phenoxy) is 4. The lowest BCUT2D eigenvalue weighted by Crippen LogP contribution is -2.45. The molecule has 2 aromatic rings. The van der Waals surface area contributed by atoms with Gasteiger partial charge < -0.3 is 24.3 Å². The average Bonchev–Trinajstić information content (AvgIpc) is 3.32. The summed E-state index contributed by atoms with van der Waals surface area (Å²) in [5.41, 5.74) is 1.80. The molecule has 1 atom stereocenters. The molecule has 0 aliphatic rings. The third-order valence-electron chi connectivity index (χ3n) is 5.06. The molecule has 0 aliphatic carbocycles. The normalized spacial score (nSPS) is 12.3. The van der Waals surface area contributed by atoms with E-state index in [2.05, 4.69) is 25.6 Å². The van der Waals surface area contributed by atoms with Crippen LogP contribution in [0, 0.1) is 13.8 Å². The van der Waals surface area contributed by atoms with Gasteiger partial charge in [-0.1, -0.05) is 0 Å². The highest BCUT2D eigenvalue weighted by molar-refractivity contribution is 5.96. The number of esters is 2. The van der Waals surface area contributed by atoms with Gasteiger partial charge in [-0.3, -0.25) is 14.7 Å². The highest BCUT2D eigenvalue weighted by atomic mass is 16.6. The van der Waals surface area contributed by atoms with Gasteiger partial charge in [-0.15, -0.1) is 0 Å². The Morgan fingerprint density at radius 3 is 1.81 bits per heavy atom. The number of hydrogen-bond donors (Lipinski definition) is 2. The number of nitrogens with one attached hydrogen (secondary N) is 2. The Bertz CT molecular complexity index is 1280. The molecule has 14 nitrogen and oxygen atoms in total. The van der Waals surface area contributed by atoms with E-state index in [1.165, 1.54) is 20.3 Å². The molecule has 0 saturated carbocycles. The van der Waals surface area contributed by atoms with Crippen LogP contribution in [0.25, 0.3) is 6.08 Å². The number of alkyl carbamates (subject to hydrolysis) is 2. The molecule has 0 radical (unpaired) electrons. The SMILES string of the molecule is COC(=O)/C(=C/c1cc(C)nn1C)NC(=O)OC(C)(C)C.COC(=O)[C@H](Cc1cc(C)nn1C)NC(=O)OC(C)(C)C. The maximum Gasteiger partial charge on any atom is 0.412 e. The first kappa shape index (κ1) is 35.7. The summed E-state index contributed by atoms with van der Waals surface area (Å²) in [6.07, 6.45) is 0.383. The lowest BCUT2D eigenvalue weighted by molar-refractivity contribution is -0.143. The summed E-state index contributed by atoms with van der Waals surface area (Å²) in [5, 5.41) is 13.3. The maximum absolute atomic E-state index is 11.8. The molecule has 2 amide bonds. The Labute approximate surface area is 246 Å². The van der Waals surface area contributed by atoms with Crippen molar-refractivity contribution in [2.75, 3.05) is 14.2 Å². The molecule has 0 aromatic carbocycles. The van der Waals surface area contributed by atoms with Crippen molar-refractivity contribution in [3.63, 3.8) is 0 Å². The quantitative estimate of drug-likeness (QED) is 0.277. The standard InChI is InChI=1S/C14H23N3O4.C14H21N3O4/c2*1-9-7-10(17(5)16-9)8-11(12(18)20-6)15-13(19)21-14(2,3)4/h7,11H,8H2,1-6H3,(H,15,19);7-8H,1-6H3,(H,15,19)/b;11-8-/t11-;/m0./s1. The lowest BCUT2D eigenvalue weighted by Gasteiger charge is -2.22. The minimum absolute atomic E-state index is 0.0187. The van der Waals surface area contributed by atoms with Crippen LogP contribution < -0.4 is 10.6 Å². The Hall–Kier alpha value is -4.36. The van der Waals surface area contributed by atoms with Crippen molar-refractivity contribution in [3.8, 4) is 0 Å². The van der Waals surface area contributed by atoms with Crippen LogP contribution >= 0.6 is 0 Å². The summed E-state index contributed by atoms with van der Waals surface area (Å²) >= 11 is 0. The van der Waals surface area contributed by atoms with Gasteiger partial charge in [0, 0.05) is 26.2 Å². The Morgan fingerprint density at radius 2 is 1.38 bits per heavy atom. The van der Waals surface area contributed by atoms with Crippen molar-refractivity contribution in [1.82, 2.24) is 30.2 Å². The molecule has 14 heteroatoms. The summed E-state index contributed by atoms with van der Waals surface area (Å²) in [4.78, 5) is 47.1. The van der Waals surface area contributed by atoms with Crippen LogP contribution in [-0.4, -0.2) is 75.1 Å². The molecular formula is C28H44N6O8. The van der Waals surface area contributed by atoms with Crippen LogP contribution in [-0.2, 0) is 49.1 Å². The second-order valence-electron chi connectivity index (χ2n) is 11.3. The number of aryl methyl sites for hydroxylation is 4. The minimum Gasteiger partial charge on any atom is -0.467 e. The molecule has 0 spiro atoms. The first-order chi connectivity index (χ1) is 19.2. The van der Waals surface area contributed by atoms with Gasteiger partial charge in [0.2, 0.25) is 0 Å². The fraction of sp³-hybridized carbons (Fsp3) is 0.571. The molecule has 2 aromatic heterocycles. The van der Waals surface area contributed by atoms with E-state index in [4.69, 9.17) is 14.2 Å². The van der Waals surface area contributed by atoms with Gasteiger partial charge in [-0.25, -0.2) is 19.2 Å². The fourth-order valence-electron chi connectivity index (χ4n) is 3.43. The number of hydrogen-bond acceptors (Lipinski definition) is 10. The van der Waals surface area contributed by atoms with Crippen molar-refractivity contribution >= 4 is 30.2 Å². The predicted molar refractivity (Wildman–Crippen MR) is 154 cm³/mol. The highest BCUT2D eigenvalue weighted by Gasteiger charge is 2.26. The molecule has 2 N–H and O–H groups in total. The van der Waals surface area contributed by atoms with Crippen LogP contribution in [0.2, 0.25) is 0 Å². The van der Waals surface area contributed by atoms with E-state index in [9.17, 15) is 19.2 Å². The van der Waals surface area contributed by atoms with E-state index in [1.807, 2.05) is 19.9 Å². The largest absolute Gasteiger partial charge is 0.467 e. The zero-order chi connectivity index (χ0) is 32.4. The molecule has 0 fully saturated rings. The summed E-state index contributed by atoms with van der Waals surface area (Å²) in [6, 6.07) is 2.81. The van der Waals surface area contributed by atoms with Crippen LogP contribution in [0.3, 0.4) is 0 Å². The van der Waals surface area contributed by atoms with Crippen LogP contribution in [0.15, 0.2) is 17.8 Å². The van der Waals surface area contributed by atoms with E-state index >= 15 is 0 Å². The lowest BCUT2D eigenvalue weighted by atomic mass is 10.1. The second-order valence-corrected chi connectivity index (χ2v) is 11.3. The number of carbonyl (C=O) groups is 4. The van der Waals surface area contributed by atoms with Crippen molar-refractivity contribution in [3.05, 3.63) is 40.6 Å². The summed E-state index contributed by atoms with van der Waals surface area (Å²) in [5.74, 6) is -1.19. The fourth-order valence-corrected chi connectivity index (χ4v) is 3.43. The Balaban J connectivity index is 0.000000420. The van der Waals surface area contributed by atoms with E-state index in [0.29, 0.717) is 5.69 Å². The summed E-state index contributed by atoms with van der Waals surface area (Å²) < 4.78 is 22.9. The summed E-state index contributed by atoms with van der Waals surface area (Å²) in [7, 11) is 6.04. The Morgan fingerprint density at radius 1 is 0.857 bits per heavy atom. The number of amides is 2. The van der Waals surface area contributed by atoms with Gasteiger partial charge in [-0.05, 0) is 73.6 Å². The van der Waals surface area contributed by atoms with Gasteiger partial charge in [-0.2, -0.15) is 10.2 Å². The molecule has 234 valence electrons. The third kappa shape index (κ3) is 12.9. The molecule has 2 rings (SSSR count). The molecule has 0 saturated heterocycles. The minimum atomic E-state index is -0.820. The second kappa shape index (κ2) is 15.0. The highest BCUT2D eigenvalue weighted by Crippen LogP contribution is 2.12. The molecule has 2 heterocycles. The smallest absolute Gasteiger partial charge is 0.412 e. The number of aromatic nitrogens is 4. The topological polar surface area (TPSA) is 165 Å². The Kier molecular flexibility index (Phi) is 12.8. The molecule has 0 unspecified atom stereocenters. The van der Waals surface area contributed by atoms with Gasteiger partial charge in [0.15, 0.2) is 0 Å². The predicted octanol–water partition coefficient (Wildman–Crippen LogP) is 3.10.